The Morgan fingerprint density at radius 3 is 2.45 bits per heavy atom. The van der Waals surface area contributed by atoms with Crippen LogP contribution in [-0.2, 0) is 0 Å². The minimum atomic E-state index is -0.0254. The first kappa shape index (κ1) is 19.3. The van der Waals surface area contributed by atoms with Gasteiger partial charge in [-0.05, 0) is 73.8 Å². The van der Waals surface area contributed by atoms with Gasteiger partial charge >= 0.3 is 0 Å². The molecule has 0 bridgehead atoms. The summed E-state index contributed by atoms with van der Waals surface area (Å²) in [7, 11) is 0. The Bertz CT molecular complexity index is 988. The van der Waals surface area contributed by atoms with Crippen LogP contribution in [0.1, 0.15) is 34.7 Å². The van der Waals surface area contributed by atoms with Crippen molar-refractivity contribution >= 4 is 5.91 Å². The number of nitrogens with one attached hydrogen (secondary N) is 1. The molecule has 1 aliphatic rings. The molecule has 1 saturated heterocycles. The van der Waals surface area contributed by atoms with Crippen molar-refractivity contribution in [2.45, 2.75) is 26.7 Å². The summed E-state index contributed by atoms with van der Waals surface area (Å²) in [6.45, 7) is 7.74. The van der Waals surface area contributed by atoms with Crippen LogP contribution in [-0.4, -0.2) is 47.2 Å². The highest BCUT2D eigenvalue weighted by atomic mass is 16.4. The molecule has 6 heteroatoms. The van der Waals surface area contributed by atoms with Crippen molar-refractivity contribution in [1.82, 2.24) is 20.4 Å². The van der Waals surface area contributed by atoms with Gasteiger partial charge in [0.2, 0.25) is 11.8 Å². The van der Waals surface area contributed by atoms with Gasteiger partial charge in [0, 0.05) is 31.1 Å². The quantitative estimate of drug-likeness (QED) is 0.692. The third kappa shape index (κ3) is 4.54. The fourth-order valence-corrected chi connectivity index (χ4v) is 3.72. The van der Waals surface area contributed by atoms with Crippen LogP contribution in [0.5, 0.6) is 0 Å². The van der Waals surface area contributed by atoms with Crippen LogP contribution in [0.4, 0.5) is 0 Å². The van der Waals surface area contributed by atoms with Crippen molar-refractivity contribution in [3.63, 3.8) is 0 Å². The second-order valence-corrected chi connectivity index (χ2v) is 7.54. The molecule has 1 N–H and O–H groups in total. The molecule has 0 atom stereocenters. The van der Waals surface area contributed by atoms with Crippen LogP contribution < -0.4 is 5.32 Å². The fraction of sp³-hybridized carbons (Fsp3) is 0.348. The Balaban J connectivity index is 1.45. The summed E-state index contributed by atoms with van der Waals surface area (Å²) in [5.41, 5.74) is 4.84. The minimum Gasteiger partial charge on any atom is -0.421 e. The van der Waals surface area contributed by atoms with Gasteiger partial charge in [-0.15, -0.1) is 10.2 Å². The van der Waals surface area contributed by atoms with E-state index in [1.807, 2.05) is 42.5 Å². The summed E-state index contributed by atoms with van der Waals surface area (Å²) in [5, 5.41) is 11.0. The number of carbonyl (C=O) groups is 1. The number of amides is 1. The fourth-order valence-electron chi connectivity index (χ4n) is 3.72. The Hall–Kier alpha value is -2.99. The van der Waals surface area contributed by atoms with Crippen LogP contribution in [0.2, 0.25) is 0 Å². The van der Waals surface area contributed by atoms with Crippen LogP contribution in [0.3, 0.4) is 0 Å². The first-order chi connectivity index (χ1) is 14.1. The Morgan fingerprint density at radius 1 is 1.03 bits per heavy atom. The topological polar surface area (TPSA) is 71.3 Å². The summed E-state index contributed by atoms with van der Waals surface area (Å²) in [5.74, 6) is 1.03. The van der Waals surface area contributed by atoms with E-state index in [9.17, 15) is 4.79 Å². The molecule has 6 nitrogen and oxygen atoms in total. The third-order valence-corrected chi connectivity index (χ3v) is 5.38. The van der Waals surface area contributed by atoms with Crippen LogP contribution >= 0.6 is 0 Å². The lowest BCUT2D eigenvalue weighted by molar-refractivity contribution is 0.0950. The highest BCUT2D eigenvalue weighted by Gasteiger charge is 2.13. The van der Waals surface area contributed by atoms with Crippen LogP contribution in [0, 0.1) is 13.8 Å². The summed E-state index contributed by atoms with van der Waals surface area (Å²) < 4.78 is 5.55. The van der Waals surface area contributed by atoms with E-state index in [0.717, 1.165) is 41.9 Å². The lowest BCUT2D eigenvalue weighted by Gasteiger charge is -2.14. The first-order valence-electron chi connectivity index (χ1n) is 10.1. The number of hydrogen-bond donors (Lipinski definition) is 1. The molecule has 1 aliphatic heterocycles. The number of hydrogen-bond acceptors (Lipinski definition) is 5. The maximum Gasteiger partial charge on any atom is 0.251 e. The van der Waals surface area contributed by atoms with Gasteiger partial charge in [0.1, 0.15) is 0 Å². The zero-order valence-corrected chi connectivity index (χ0v) is 16.9. The van der Waals surface area contributed by atoms with Crippen LogP contribution in [0.25, 0.3) is 22.6 Å². The standard InChI is InChI=1S/C23H26N4O2/c1-16-5-6-20(23-26-25-17(2)29-23)15-21(16)18-7-9-19(10-8-18)22(28)24-11-14-27-12-3-4-13-27/h5-10,15H,3-4,11-14H2,1-2H3,(H,24,28). The van der Waals surface area contributed by atoms with Crippen molar-refractivity contribution in [2.75, 3.05) is 26.2 Å². The lowest BCUT2D eigenvalue weighted by atomic mass is 9.97. The molecule has 150 valence electrons. The number of rotatable bonds is 6. The second kappa shape index (κ2) is 8.57. The highest BCUT2D eigenvalue weighted by Crippen LogP contribution is 2.29. The molecule has 1 aromatic heterocycles. The maximum absolute atomic E-state index is 12.4. The van der Waals surface area contributed by atoms with Gasteiger partial charge in [0.15, 0.2) is 0 Å². The van der Waals surface area contributed by atoms with Crippen molar-refractivity contribution in [2.24, 2.45) is 0 Å². The van der Waals surface area contributed by atoms with E-state index >= 15 is 0 Å². The Labute approximate surface area is 170 Å². The average molecular weight is 390 g/mol. The van der Waals surface area contributed by atoms with Crippen molar-refractivity contribution in [3.05, 3.63) is 59.5 Å². The molecular weight excluding hydrogens is 364 g/mol. The number of benzene rings is 2. The molecule has 1 amide bonds. The van der Waals surface area contributed by atoms with E-state index in [1.165, 1.54) is 12.8 Å². The SMILES string of the molecule is Cc1nnc(-c2ccc(C)c(-c3ccc(C(=O)NCCN4CCCC4)cc3)c2)o1. The molecule has 0 spiro atoms. The molecule has 2 heterocycles. The molecule has 0 saturated carbocycles. The van der Waals surface area contributed by atoms with Crippen LogP contribution in [0.15, 0.2) is 46.9 Å². The van der Waals surface area contributed by atoms with E-state index in [-0.39, 0.29) is 5.91 Å². The zero-order valence-electron chi connectivity index (χ0n) is 16.9. The Kier molecular flexibility index (Phi) is 5.71. The molecule has 0 aliphatic carbocycles. The van der Waals surface area contributed by atoms with Crippen molar-refractivity contribution in [1.29, 1.82) is 0 Å². The number of carbonyl (C=O) groups excluding carboxylic acids is 1. The zero-order chi connectivity index (χ0) is 20.2. The van der Waals surface area contributed by atoms with Gasteiger partial charge in [-0.1, -0.05) is 18.2 Å². The van der Waals surface area contributed by atoms with Gasteiger partial charge in [-0.3, -0.25) is 4.79 Å². The molecular formula is C23H26N4O2. The number of likely N-dealkylation sites (tertiary alicyclic amines) is 1. The molecule has 2 aromatic carbocycles. The minimum absolute atomic E-state index is 0.0254. The number of aromatic nitrogens is 2. The van der Waals surface area contributed by atoms with E-state index in [4.69, 9.17) is 4.42 Å². The lowest BCUT2D eigenvalue weighted by Crippen LogP contribution is -2.33. The van der Waals surface area contributed by atoms with E-state index < -0.39 is 0 Å². The molecule has 0 radical (unpaired) electrons. The van der Waals surface area contributed by atoms with E-state index in [1.54, 1.807) is 6.92 Å². The molecule has 0 unspecified atom stereocenters. The summed E-state index contributed by atoms with van der Waals surface area (Å²) in [6.07, 6.45) is 2.53. The van der Waals surface area contributed by atoms with Gasteiger partial charge in [-0.2, -0.15) is 0 Å². The van der Waals surface area contributed by atoms with Crippen molar-refractivity contribution in [3.8, 4) is 22.6 Å². The summed E-state index contributed by atoms with van der Waals surface area (Å²) in [6, 6.07) is 13.8. The monoisotopic (exact) mass is 390 g/mol. The number of nitrogens with zero attached hydrogens (tertiary/aromatic N) is 3. The van der Waals surface area contributed by atoms with Crippen molar-refractivity contribution < 1.29 is 9.21 Å². The van der Waals surface area contributed by atoms with Gasteiger partial charge < -0.3 is 14.6 Å². The molecule has 29 heavy (non-hydrogen) atoms. The van der Waals surface area contributed by atoms with Gasteiger partial charge in [-0.25, -0.2) is 0 Å². The van der Waals surface area contributed by atoms with E-state index in [2.05, 4.69) is 27.3 Å². The second-order valence-electron chi connectivity index (χ2n) is 7.54. The first-order valence-corrected chi connectivity index (χ1v) is 10.1. The Morgan fingerprint density at radius 2 is 1.76 bits per heavy atom. The predicted octanol–water partition coefficient (Wildman–Crippen LogP) is 3.85. The summed E-state index contributed by atoms with van der Waals surface area (Å²) in [4.78, 5) is 14.8. The summed E-state index contributed by atoms with van der Waals surface area (Å²) >= 11 is 0. The normalized spacial score (nSPS) is 14.3. The average Bonchev–Trinajstić information content (AvgIpc) is 3.40. The molecule has 1 fully saturated rings. The number of aryl methyl sites for hydroxylation is 2. The maximum atomic E-state index is 12.4. The molecule has 4 rings (SSSR count). The van der Waals surface area contributed by atoms with Gasteiger partial charge in [0.05, 0.1) is 0 Å². The predicted molar refractivity (Wildman–Crippen MR) is 113 cm³/mol. The van der Waals surface area contributed by atoms with E-state index in [0.29, 0.717) is 23.9 Å². The highest BCUT2D eigenvalue weighted by molar-refractivity contribution is 5.94. The third-order valence-electron chi connectivity index (χ3n) is 5.38. The smallest absolute Gasteiger partial charge is 0.251 e. The van der Waals surface area contributed by atoms with Gasteiger partial charge in [0.25, 0.3) is 5.91 Å². The largest absolute Gasteiger partial charge is 0.421 e. The molecule has 3 aromatic rings.